The Hall–Kier alpha value is -2.00. The number of rotatable bonds is 6. The summed E-state index contributed by atoms with van der Waals surface area (Å²) in [4.78, 5) is 14.0. The van der Waals surface area contributed by atoms with Crippen LogP contribution in [0.4, 0.5) is 0 Å². The van der Waals surface area contributed by atoms with Crippen molar-refractivity contribution in [3.63, 3.8) is 0 Å². The number of hydrogen-bond acceptors (Lipinski definition) is 2. The molecule has 0 atom stereocenters. The maximum atomic E-state index is 12.3. The number of hydrogen-bond donors (Lipinski definition) is 0. The van der Waals surface area contributed by atoms with E-state index in [1.165, 1.54) is 11.1 Å². The molecule has 1 amide bonds. The molecular formula is C19H22ClNO2. The zero-order valence-electron chi connectivity index (χ0n) is 13.8. The minimum absolute atomic E-state index is 0.104. The Morgan fingerprint density at radius 3 is 2.52 bits per heavy atom. The summed E-state index contributed by atoms with van der Waals surface area (Å²) in [7, 11) is 3.42. The lowest BCUT2D eigenvalue weighted by molar-refractivity contribution is -0.130. The van der Waals surface area contributed by atoms with Crippen LogP contribution in [0.25, 0.3) is 0 Å². The molecule has 0 bridgehead atoms. The highest BCUT2D eigenvalue weighted by Gasteiger charge is 2.12. The highest BCUT2D eigenvalue weighted by molar-refractivity contribution is 6.30. The van der Waals surface area contributed by atoms with Gasteiger partial charge in [-0.3, -0.25) is 4.79 Å². The molecule has 0 aliphatic heterocycles. The van der Waals surface area contributed by atoms with Crippen molar-refractivity contribution in [1.82, 2.24) is 4.90 Å². The van der Waals surface area contributed by atoms with Gasteiger partial charge in [0.05, 0.1) is 7.11 Å². The smallest absolute Gasteiger partial charge is 0.222 e. The molecule has 3 nitrogen and oxygen atoms in total. The molecule has 0 N–H and O–H groups in total. The molecule has 2 aromatic rings. The van der Waals surface area contributed by atoms with Crippen LogP contribution < -0.4 is 4.74 Å². The number of amides is 1. The molecule has 0 aromatic heterocycles. The van der Waals surface area contributed by atoms with E-state index in [4.69, 9.17) is 16.3 Å². The second-order valence-electron chi connectivity index (χ2n) is 5.69. The van der Waals surface area contributed by atoms with Crippen LogP contribution in [-0.2, 0) is 17.8 Å². The van der Waals surface area contributed by atoms with E-state index in [1.54, 1.807) is 25.1 Å². The first-order valence-corrected chi connectivity index (χ1v) is 7.99. The predicted octanol–water partition coefficient (Wildman–Crippen LogP) is 4.25. The van der Waals surface area contributed by atoms with E-state index in [0.29, 0.717) is 18.0 Å². The van der Waals surface area contributed by atoms with E-state index in [2.05, 4.69) is 31.2 Å². The Morgan fingerprint density at radius 2 is 1.87 bits per heavy atom. The standard InChI is InChI=1S/C19H22ClNO2/c1-14-4-6-15(7-5-14)8-11-19(22)21(2)13-16-12-17(20)9-10-18(16)23-3/h4-7,9-10,12H,8,11,13H2,1-3H3. The predicted molar refractivity (Wildman–Crippen MR) is 94.0 cm³/mol. The number of nitrogens with zero attached hydrogens (tertiary/aromatic N) is 1. The molecule has 0 saturated heterocycles. The van der Waals surface area contributed by atoms with Crippen molar-refractivity contribution >= 4 is 17.5 Å². The van der Waals surface area contributed by atoms with Crippen LogP contribution in [0, 0.1) is 6.92 Å². The molecule has 4 heteroatoms. The molecule has 2 rings (SSSR count). The Balaban J connectivity index is 1.94. The van der Waals surface area contributed by atoms with E-state index in [9.17, 15) is 4.79 Å². The number of carbonyl (C=O) groups is 1. The normalized spacial score (nSPS) is 10.4. The summed E-state index contributed by atoms with van der Waals surface area (Å²) in [5.74, 6) is 0.847. The van der Waals surface area contributed by atoms with Gasteiger partial charge in [-0.2, -0.15) is 0 Å². The fourth-order valence-electron chi connectivity index (χ4n) is 2.41. The van der Waals surface area contributed by atoms with Gasteiger partial charge in [-0.1, -0.05) is 41.4 Å². The third kappa shape index (κ3) is 5.00. The lowest BCUT2D eigenvalue weighted by Crippen LogP contribution is -2.26. The van der Waals surface area contributed by atoms with Crippen LogP contribution in [0.1, 0.15) is 23.1 Å². The van der Waals surface area contributed by atoms with Crippen LogP contribution in [0.5, 0.6) is 5.75 Å². The van der Waals surface area contributed by atoms with Crippen molar-refractivity contribution < 1.29 is 9.53 Å². The van der Waals surface area contributed by atoms with Gasteiger partial charge >= 0.3 is 0 Å². The molecule has 0 aliphatic rings. The quantitative estimate of drug-likeness (QED) is 0.792. The van der Waals surface area contributed by atoms with Crippen LogP contribution in [0.15, 0.2) is 42.5 Å². The van der Waals surface area contributed by atoms with Gasteiger partial charge in [0.25, 0.3) is 0 Å². The number of benzene rings is 2. The average Bonchev–Trinajstić information content (AvgIpc) is 2.54. The van der Waals surface area contributed by atoms with Gasteiger partial charge in [0.1, 0.15) is 5.75 Å². The van der Waals surface area contributed by atoms with Crippen molar-refractivity contribution in [1.29, 1.82) is 0 Å². The third-order valence-electron chi connectivity index (χ3n) is 3.82. The first kappa shape index (κ1) is 17.4. The minimum Gasteiger partial charge on any atom is -0.496 e. The van der Waals surface area contributed by atoms with Crippen LogP contribution in [-0.4, -0.2) is 25.0 Å². The highest BCUT2D eigenvalue weighted by Crippen LogP contribution is 2.24. The van der Waals surface area contributed by atoms with Crippen LogP contribution >= 0.6 is 11.6 Å². The maximum absolute atomic E-state index is 12.3. The summed E-state index contributed by atoms with van der Waals surface area (Å²) in [6.07, 6.45) is 1.23. The number of carbonyl (C=O) groups excluding carboxylic acids is 1. The van der Waals surface area contributed by atoms with E-state index in [1.807, 2.05) is 12.1 Å². The Morgan fingerprint density at radius 1 is 1.17 bits per heavy atom. The molecule has 0 fully saturated rings. The monoisotopic (exact) mass is 331 g/mol. The van der Waals surface area contributed by atoms with Gasteiger partial charge < -0.3 is 9.64 Å². The molecule has 0 spiro atoms. The summed E-state index contributed by atoms with van der Waals surface area (Å²) in [5, 5.41) is 0.640. The summed E-state index contributed by atoms with van der Waals surface area (Å²) >= 11 is 6.03. The third-order valence-corrected chi connectivity index (χ3v) is 4.06. The number of halogens is 1. The zero-order chi connectivity index (χ0) is 16.8. The summed E-state index contributed by atoms with van der Waals surface area (Å²) in [6.45, 7) is 2.54. The number of ether oxygens (including phenoxy) is 1. The van der Waals surface area contributed by atoms with Crippen molar-refractivity contribution in [3.8, 4) is 5.75 Å². The Bertz CT molecular complexity index is 668. The highest BCUT2D eigenvalue weighted by atomic mass is 35.5. The molecule has 0 unspecified atom stereocenters. The Labute approximate surface area is 142 Å². The number of aryl methyl sites for hydroxylation is 2. The minimum atomic E-state index is 0.104. The maximum Gasteiger partial charge on any atom is 0.222 e. The van der Waals surface area contributed by atoms with Gasteiger partial charge in [0.2, 0.25) is 5.91 Å². The lowest BCUT2D eigenvalue weighted by Gasteiger charge is -2.19. The van der Waals surface area contributed by atoms with Gasteiger partial charge in [-0.25, -0.2) is 0 Å². The van der Waals surface area contributed by atoms with E-state index in [0.717, 1.165) is 17.7 Å². The topological polar surface area (TPSA) is 29.5 Å². The number of methoxy groups -OCH3 is 1. The van der Waals surface area contributed by atoms with Crippen LogP contribution in [0.3, 0.4) is 0 Å². The molecule has 0 aliphatic carbocycles. The van der Waals surface area contributed by atoms with Gasteiger partial charge in [-0.05, 0) is 37.1 Å². The molecular weight excluding hydrogens is 310 g/mol. The first-order valence-electron chi connectivity index (χ1n) is 7.61. The van der Waals surface area contributed by atoms with E-state index >= 15 is 0 Å². The second kappa shape index (κ2) is 8.02. The van der Waals surface area contributed by atoms with Crippen molar-refractivity contribution in [2.75, 3.05) is 14.2 Å². The molecule has 0 heterocycles. The van der Waals surface area contributed by atoms with E-state index in [-0.39, 0.29) is 5.91 Å². The molecule has 23 heavy (non-hydrogen) atoms. The fraction of sp³-hybridized carbons (Fsp3) is 0.316. The first-order chi connectivity index (χ1) is 11.0. The van der Waals surface area contributed by atoms with Crippen molar-refractivity contribution in [2.45, 2.75) is 26.3 Å². The molecule has 122 valence electrons. The lowest BCUT2D eigenvalue weighted by atomic mass is 10.1. The second-order valence-corrected chi connectivity index (χ2v) is 6.13. The Kier molecular flexibility index (Phi) is 6.05. The zero-order valence-corrected chi connectivity index (χ0v) is 14.6. The summed E-state index contributed by atoms with van der Waals surface area (Å²) in [6, 6.07) is 13.7. The van der Waals surface area contributed by atoms with Crippen molar-refractivity contribution in [2.24, 2.45) is 0 Å². The van der Waals surface area contributed by atoms with Gasteiger partial charge in [0.15, 0.2) is 0 Å². The average molecular weight is 332 g/mol. The molecule has 0 radical (unpaired) electrons. The fourth-order valence-corrected chi connectivity index (χ4v) is 2.61. The van der Waals surface area contributed by atoms with Crippen LogP contribution in [0.2, 0.25) is 5.02 Å². The molecule has 0 saturated carbocycles. The van der Waals surface area contributed by atoms with Gasteiger partial charge in [-0.15, -0.1) is 0 Å². The van der Waals surface area contributed by atoms with Gasteiger partial charge in [0, 0.05) is 30.6 Å². The van der Waals surface area contributed by atoms with E-state index < -0.39 is 0 Å². The molecule has 2 aromatic carbocycles. The largest absolute Gasteiger partial charge is 0.496 e. The SMILES string of the molecule is COc1ccc(Cl)cc1CN(C)C(=O)CCc1ccc(C)cc1. The van der Waals surface area contributed by atoms with Crippen molar-refractivity contribution in [3.05, 3.63) is 64.2 Å². The summed E-state index contributed by atoms with van der Waals surface area (Å²) < 4.78 is 5.32. The summed E-state index contributed by atoms with van der Waals surface area (Å²) in [5.41, 5.74) is 3.31.